The van der Waals surface area contributed by atoms with Crippen molar-refractivity contribution < 1.29 is 14.7 Å². The Balaban J connectivity index is 4.25. The van der Waals surface area contributed by atoms with Crippen LogP contribution >= 0.6 is 0 Å². The predicted molar refractivity (Wildman–Crippen MR) is 54.0 cm³/mol. The molecule has 3 N–H and O–H groups in total. The predicted octanol–water partition coefficient (Wildman–Crippen LogP) is 1.33. The van der Waals surface area contributed by atoms with Crippen LogP contribution in [0.15, 0.2) is 0 Å². The highest BCUT2D eigenvalue weighted by Gasteiger charge is 2.39. The zero-order valence-electron chi connectivity index (χ0n) is 8.88. The Morgan fingerprint density at radius 2 is 1.86 bits per heavy atom. The first-order valence-electron chi connectivity index (χ1n) is 5.04. The van der Waals surface area contributed by atoms with E-state index in [1.165, 1.54) is 0 Å². The molecule has 4 heteroatoms. The second-order valence-electron chi connectivity index (χ2n) is 3.51. The summed E-state index contributed by atoms with van der Waals surface area (Å²) in [6, 6.07) is 0. The van der Waals surface area contributed by atoms with E-state index in [2.05, 4.69) is 0 Å². The van der Waals surface area contributed by atoms with E-state index in [1.807, 2.05) is 6.92 Å². The Morgan fingerprint density at radius 3 is 2.21 bits per heavy atom. The summed E-state index contributed by atoms with van der Waals surface area (Å²) in [7, 11) is 0. The molecule has 0 rings (SSSR count). The fourth-order valence-electron chi connectivity index (χ4n) is 1.23. The highest BCUT2D eigenvalue weighted by Crippen LogP contribution is 2.13. The quantitative estimate of drug-likeness (QED) is 0.481. The van der Waals surface area contributed by atoms with Crippen molar-refractivity contribution in [3.05, 3.63) is 0 Å². The van der Waals surface area contributed by atoms with Crippen LogP contribution in [0.4, 0.5) is 0 Å². The van der Waals surface area contributed by atoms with Gasteiger partial charge in [-0.05, 0) is 12.8 Å². The summed E-state index contributed by atoms with van der Waals surface area (Å²) < 4.78 is 0. The van der Waals surface area contributed by atoms with Crippen molar-refractivity contribution in [3.8, 4) is 0 Å². The van der Waals surface area contributed by atoms with Gasteiger partial charge in [0.2, 0.25) is 0 Å². The number of carboxylic acids is 1. The lowest BCUT2D eigenvalue weighted by Crippen LogP contribution is -2.54. The van der Waals surface area contributed by atoms with Crippen LogP contribution in [0, 0.1) is 0 Å². The van der Waals surface area contributed by atoms with Crippen LogP contribution in [-0.4, -0.2) is 22.4 Å². The summed E-state index contributed by atoms with van der Waals surface area (Å²) in [5.41, 5.74) is 3.84. The minimum absolute atomic E-state index is 0.146. The Labute approximate surface area is 84.5 Å². The number of carboxylic acid groups (broad SMARTS) is 1. The molecule has 0 spiro atoms. The molecular weight excluding hydrogens is 182 g/mol. The third-order valence-electron chi connectivity index (χ3n) is 2.44. The normalized spacial score (nSPS) is 14.8. The highest BCUT2D eigenvalue weighted by atomic mass is 16.4. The van der Waals surface area contributed by atoms with Crippen LogP contribution < -0.4 is 5.73 Å². The smallest absolute Gasteiger partial charge is 0.331 e. The minimum atomic E-state index is -1.67. The highest BCUT2D eigenvalue weighted by molar-refractivity contribution is 6.07. The van der Waals surface area contributed by atoms with Crippen molar-refractivity contribution in [3.63, 3.8) is 0 Å². The summed E-state index contributed by atoms with van der Waals surface area (Å²) in [5.74, 6) is -1.58. The van der Waals surface area contributed by atoms with Gasteiger partial charge in [-0.2, -0.15) is 0 Å². The van der Waals surface area contributed by atoms with Crippen LogP contribution in [0.2, 0.25) is 0 Å². The molecule has 0 amide bonds. The third kappa shape index (κ3) is 3.10. The lowest BCUT2D eigenvalue weighted by molar-refractivity contribution is -0.148. The third-order valence-corrected chi connectivity index (χ3v) is 2.44. The average molecular weight is 201 g/mol. The summed E-state index contributed by atoms with van der Waals surface area (Å²) in [5, 5.41) is 8.81. The van der Waals surface area contributed by atoms with E-state index in [0.717, 1.165) is 19.3 Å². The zero-order valence-corrected chi connectivity index (χ0v) is 8.88. The molecule has 0 saturated carbocycles. The van der Waals surface area contributed by atoms with E-state index in [9.17, 15) is 9.59 Å². The topological polar surface area (TPSA) is 80.4 Å². The van der Waals surface area contributed by atoms with Crippen LogP contribution in [0.25, 0.3) is 0 Å². The maximum Gasteiger partial charge on any atom is 0.331 e. The van der Waals surface area contributed by atoms with Crippen LogP contribution in [-0.2, 0) is 9.59 Å². The van der Waals surface area contributed by atoms with Crippen molar-refractivity contribution >= 4 is 11.8 Å². The number of aliphatic carboxylic acids is 1. The summed E-state index contributed by atoms with van der Waals surface area (Å²) in [6.07, 6.45) is 3.08. The monoisotopic (exact) mass is 201 g/mol. The van der Waals surface area contributed by atoms with E-state index in [4.69, 9.17) is 10.8 Å². The Hall–Kier alpha value is -0.900. The van der Waals surface area contributed by atoms with Gasteiger partial charge in [-0.3, -0.25) is 4.79 Å². The Morgan fingerprint density at radius 1 is 1.29 bits per heavy atom. The number of rotatable bonds is 7. The second kappa shape index (κ2) is 5.75. The molecule has 0 heterocycles. The number of ketones is 1. The molecule has 0 aliphatic carbocycles. The van der Waals surface area contributed by atoms with E-state index >= 15 is 0 Å². The first kappa shape index (κ1) is 13.1. The SMILES string of the molecule is CCCCCC(=O)C(N)(CC)C(=O)O. The Kier molecular flexibility index (Phi) is 5.38. The van der Waals surface area contributed by atoms with Gasteiger partial charge in [-0.15, -0.1) is 0 Å². The maximum absolute atomic E-state index is 11.5. The molecule has 82 valence electrons. The van der Waals surface area contributed by atoms with Gasteiger partial charge >= 0.3 is 5.97 Å². The van der Waals surface area contributed by atoms with Crippen LogP contribution in [0.5, 0.6) is 0 Å². The maximum atomic E-state index is 11.5. The van der Waals surface area contributed by atoms with Gasteiger partial charge in [-0.1, -0.05) is 26.7 Å². The molecule has 0 fully saturated rings. The van der Waals surface area contributed by atoms with Crippen molar-refractivity contribution in [1.82, 2.24) is 0 Å². The zero-order chi connectivity index (χ0) is 11.2. The van der Waals surface area contributed by atoms with E-state index in [0.29, 0.717) is 0 Å². The fourth-order valence-corrected chi connectivity index (χ4v) is 1.23. The number of hydrogen-bond donors (Lipinski definition) is 2. The first-order chi connectivity index (χ1) is 6.49. The average Bonchev–Trinajstić information content (AvgIpc) is 2.16. The number of nitrogens with two attached hydrogens (primary N) is 1. The minimum Gasteiger partial charge on any atom is -0.480 e. The second-order valence-corrected chi connectivity index (χ2v) is 3.51. The van der Waals surface area contributed by atoms with E-state index in [-0.39, 0.29) is 18.6 Å². The summed E-state index contributed by atoms with van der Waals surface area (Å²) in [6.45, 7) is 3.64. The molecule has 14 heavy (non-hydrogen) atoms. The first-order valence-corrected chi connectivity index (χ1v) is 5.04. The molecular formula is C10H19NO3. The van der Waals surface area contributed by atoms with Crippen LogP contribution in [0.3, 0.4) is 0 Å². The van der Waals surface area contributed by atoms with Gasteiger partial charge in [0, 0.05) is 6.42 Å². The molecule has 0 aromatic rings. The largest absolute Gasteiger partial charge is 0.480 e. The number of unbranched alkanes of at least 4 members (excludes halogenated alkanes) is 2. The van der Waals surface area contributed by atoms with E-state index < -0.39 is 11.5 Å². The van der Waals surface area contributed by atoms with Crippen molar-refractivity contribution in [2.75, 3.05) is 0 Å². The molecule has 0 aliphatic rings. The van der Waals surface area contributed by atoms with Gasteiger partial charge in [0.05, 0.1) is 0 Å². The van der Waals surface area contributed by atoms with Gasteiger partial charge in [-0.25, -0.2) is 4.79 Å². The molecule has 0 aromatic heterocycles. The summed E-state index contributed by atoms with van der Waals surface area (Å²) in [4.78, 5) is 22.3. The fraction of sp³-hybridized carbons (Fsp3) is 0.800. The molecule has 0 saturated heterocycles. The summed E-state index contributed by atoms with van der Waals surface area (Å²) >= 11 is 0. The molecule has 0 radical (unpaired) electrons. The van der Waals surface area contributed by atoms with Gasteiger partial charge in [0.25, 0.3) is 0 Å². The lowest BCUT2D eigenvalue weighted by atomic mass is 9.89. The molecule has 1 atom stereocenters. The molecule has 1 unspecified atom stereocenters. The number of Topliss-reactive ketones (excluding diaryl/α,β-unsaturated/α-hetero) is 1. The number of carbonyl (C=O) groups is 2. The standard InChI is InChI=1S/C10H19NO3/c1-3-5-6-7-8(12)10(11,4-2)9(13)14/h3-7,11H2,1-2H3,(H,13,14). The molecule has 4 nitrogen and oxygen atoms in total. The van der Waals surface area contributed by atoms with Crippen molar-refractivity contribution in [2.45, 2.75) is 51.5 Å². The Bertz CT molecular complexity index is 215. The van der Waals surface area contributed by atoms with Gasteiger partial charge in [0.15, 0.2) is 11.3 Å². The number of hydrogen-bond acceptors (Lipinski definition) is 3. The van der Waals surface area contributed by atoms with Crippen LogP contribution in [0.1, 0.15) is 46.0 Å². The van der Waals surface area contributed by atoms with Gasteiger partial charge in [0.1, 0.15) is 0 Å². The van der Waals surface area contributed by atoms with Crippen molar-refractivity contribution in [1.29, 1.82) is 0 Å². The molecule has 0 bridgehead atoms. The van der Waals surface area contributed by atoms with Crippen molar-refractivity contribution in [2.24, 2.45) is 5.73 Å². The lowest BCUT2D eigenvalue weighted by Gasteiger charge is -2.20. The molecule has 0 aromatic carbocycles. The number of carbonyl (C=O) groups excluding carboxylic acids is 1. The van der Waals surface area contributed by atoms with Gasteiger partial charge < -0.3 is 10.8 Å². The molecule has 0 aliphatic heterocycles. The van der Waals surface area contributed by atoms with E-state index in [1.54, 1.807) is 6.92 Å².